The maximum atomic E-state index is 5.19. The summed E-state index contributed by atoms with van der Waals surface area (Å²) in [5, 5.41) is 18.3. The molecule has 0 bridgehead atoms. The van der Waals surface area contributed by atoms with E-state index in [1.807, 2.05) is 25.1 Å². The minimum absolute atomic E-state index is 0.424. The molecule has 3 aromatic rings. The lowest BCUT2D eigenvalue weighted by Crippen LogP contribution is -1.94. The molecule has 2 N–H and O–H groups in total. The van der Waals surface area contributed by atoms with Crippen molar-refractivity contribution in [3.63, 3.8) is 0 Å². The van der Waals surface area contributed by atoms with E-state index in [1.54, 1.807) is 22.2 Å². The fourth-order valence-electron chi connectivity index (χ4n) is 1.61. The lowest BCUT2D eigenvalue weighted by molar-refractivity contribution is 0.865. The van der Waals surface area contributed by atoms with E-state index in [1.165, 1.54) is 0 Å². The van der Waals surface area contributed by atoms with E-state index < -0.39 is 0 Å². The van der Waals surface area contributed by atoms with Gasteiger partial charge in [0.2, 0.25) is 10.6 Å². The predicted octanol–water partition coefficient (Wildman–Crippen LogP) is 3.35. The zero-order valence-corrected chi connectivity index (χ0v) is 13.5. The molecule has 0 aromatic carbocycles. The molecule has 102 valence electrons. The topological polar surface area (TPSA) is 74.7 Å². The van der Waals surface area contributed by atoms with Gasteiger partial charge in [-0.05, 0) is 53.3 Å². The summed E-state index contributed by atoms with van der Waals surface area (Å²) in [7, 11) is 0. The Morgan fingerprint density at radius 2 is 2.25 bits per heavy atom. The number of nitrogens with one attached hydrogen (secondary N) is 2. The van der Waals surface area contributed by atoms with Crippen LogP contribution in [0, 0.1) is 11.7 Å². The molecule has 0 unspecified atom stereocenters. The summed E-state index contributed by atoms with van der Waals surface area (Å²) in [6.45, 7) is 1.93. The van der Waals surface area contributed by atoms with Gasteiger partial charge in [-0.3, -0.25) is 5.10 Å². The lowest BCUT2D eigenvalue weighted by atomic mass is 10.3. The Morgan fingerprint density at radius 1 is 1.40 bits per heavy atom. The number of halogens is 1. The number of aromatic amines is 2. The number of rotatable bonds is 3. The molecule has 0 aliphatic rings. The van der Waals surface area contributed by atoms with Crippen LogP contribution in [0.4, 0.5) is 0 Å². The minimum atomic E-state index is 0.424. The normalized spacial score (nSPS) is 11.5. The van der Waals surface area contributed by atoms with E-state index >= 15 is 0 Å². The van der Waals surface area contributed by atoms with Crippen molar-refractivity contribution in [3.8, 4) is 11.5 Å². The van der Waals surface area contributed by atoms with Gasteiger partial charge in [0, 0.05) is 10.6 Å². The summed E-state index contributed by atoms with van der Waals surface area (Å²) in [6, 6.07) is 5.83. The molecule has 0 saturated heterocycles. The van der Waals surface area contributed by atoms with Gasteiger partial charge in [0.05, 0.1) is 10.0 Å². The highest BCUT2D eigenvalue weighted by atomic mass is 79.9. The number of aromatic nitrogens is 5. The van der Waals surface area contributed by atoms with Gasteiger partial charge in [0.1, 0.15) is 5.69 Å². The van der Waals surface area contributed by atoms with Crippen LogP contribution in [0.5, 0.6) is 0 Å². The van der Waals surface area contributed by atoms with Crippen molar-refractivity contribution in [1.82, 2.24) is 25.1 Å². The quantitative estimate of drug-likeness (QED) is 0.549. The van der Waals surface area contributed by atoms with Crippen molar-refractivity contribution in [1.29, 1.82) is 0 Å². The molecule has 0 amide bonds. The van der Waals surface area contributed by atoms with Gasteiger partial charge in [0.25, 0.3) is 0 Å². The molecule has 20 heavy (non-hydrogen) atoms. The standard InChI is InChI=1S/C11H9BrN6S2/c1-6-4-8(15-14-6)10-16-17-11(19)18(10)13-5-7-2-3-9(12)20-7/h2-5H,1H3,(H,14,15)(H,17,19). The molecule has 0 spiro atoms. The zero-order chi connectivity index (χ0) is 14.1. The Balaban J connectivity index is 1.99. The first kappa shape index (κ1) is 13.4. The van der Waals surface area contributed by atoms with Gasteiger partial charge in [-0.15, -0.1) is 11.3 Å². The molecule has 0 saturated carbocycles. The molecule has 3 aromatic heterocycles. The third kappa shape index (κ3) is 2.65. The van der Waals surface area contributed by atoms with Gasteiger partial charge < -0.3 is 0 Å². The average molecular weight is 369 g/mol. The van der Waals surface area contributed by atoms with Crippen LogP contribution >= 0.6 is 39.5 Å². The molecule has 0 atom stereocenters. The second-order valence-electron chi connectivity index (χ2n) is 3.99. The molecule has 6 nitrogen and oxygen atoms in total. The first-order chi connectivity index (χ1) is 9.63. The average Bonchev–Trinajstić information content (AvgIpc) is 3.09. The molecule has 9 heteroatoms. The van der Waals surface area contributed by atoms with E-state index in [0.29, 0.717) is 16.3 Å². The Hall–Kier alpha value is -1.58. The van der Waals surface area contributed by atoms with Crippen molar-refractivity contribution >= 4 is 45.7 Å². The van der Waals surface area contributed by atoms with Gasteiger partial charge in [-0.1, -0.05) is 0 Å². The maximum Gasteiger partial charge on any atom is 0.216 e. The first-order valence-electron chi connectivity index (χ1n) is 5.63. The highest BCUT2D eigenvalue weighted by molar-refractivity contribution is 9.11. The van der Waals surface area contributed by atoms with Crippen LogP contribution in [0.1, 0.15) is 10.6 Å². The summed E-state index contributed by atoms with van der Waals surface area (Å²) >= 11 is 10.2. The number of H-pyrrole nitrogens is 2. The van der Waals surface area contributed by atoms with Gasteiger partial charge >= 0.3 is 0 Å². The van der Waals surface area contributed by atoms with Crippen LogP contribution in [-0.4, -0.2) is 31.3 Å². The van der Waals surface area contributed by atoms with Crippen molar-refractivity contribution in [2.45, 2.75) is 6.92 Å². The molecule has 3 heterocycles. The summed E-state index contributed by atoms with van der Waals surface area (Å²) in [5.41, 5.74) is 1.64. The van der Waals surface area contributed by atoms with E-state index in [9.17, 15) is 0 Å². The highest BCUT2D eigenvalue weighted by Crippen LogP contribution is 2.21. The van der Waals surface area contributed by atoms with Gasteiger partial charge in [-0.2, -0.15) is 20.0 Å². The number of hydrogen-bond acceptors (Lipinski definition) is 5. The van der Waals surface area contributed by atoms with Crippen molar-refractivity contribution in [2.75, 3.05) is 0 Å². The van der Waals surface area contributed by atoms with Gasteiger partial charge in [0.15, 0.2) is 0 Å². The van der Waals surface area contributed by atoms with Crippen LogP contribution in [-0.2, 0) is 0 Å². The zero-order valence-electron chi connectivity index (χ0n) is 10.3. The number of hydrogen-bond donors (Lipinski definition) is 2. The van der Waals surface area contributed by atoms with E-state index in [2.05, 4.69) is 41.4 Å². The predicted molar refractivity (Wildman–Crippen MR) is 84.7 cm³/mol. The molecule has 0 fully saturated rings. The SMILES string of the molecule is Cc1cc(-c2n[nH]c(=S)n2N=Cc2ccc(Br)s2)n[nH]1. The molecular formula is C11H9BrN6S2. The summed E-state index contributed by atoms with van der Waals surface area (Å²) in [5.74, 6) is 0.575. The fourth-order valence-corrected chi connectivity index (χ4v) is 3.08. The smallest absolute Gasteiger partial charge is 0.216 e. The molecule has 0 aliphatic heterocycles. The number of thiophene rings is 1. The Bertz CT molecular complexity index is 824. The van der Waals surface area contributed by atoms with Crippen molar-refractivity contribution in [2.24, 2.45) is 5.10 Å². The van der Waals surface area contributed by atoms with E-state index in [4.69, 9.17) is 12.2 Å². The molecular weight excluding hydrogens is 360 g/mol. The Kier molecular flexibility index (Phi) is 3.64. The van der Waals surface area contributed by atoms with Crippen LogP contribution in [0.25, 0.3) is 11.5 Å². The van der Waals surface area contributed by atoms with E-state index in [0.717, 1.165) is 14.4 Å². The second-order valence-corrected chi connectivity index (χ2v) is 6.87. The number of aryl methyl sites for hydroxylation is 1. The van der Waals surface area contributed by atoms with Crippen molar-refractivity contribution in [3.05, 3.63) is 37.3 Å². The highest BCUT2D eigenvalue weighted by Gasteiger charge is 2.11. The van der Waals surface area contributed by atoms with Crippen LogP contribution in [0.2, 0.25) is 0 Å². The second kappa shape index (κ2) is 5.43. The fraction of sp³-hybridized carbons (Fsp3) is 0.0909. The first-order valence-corrected chi connectivity index (χ1v) is 7.65. The van der Waals surface area contributed by atoms with Crippen molar-refractivity contribution < 1.29 is 0 Å². The summed E-state index contributed by atoms with van der Waals surface area (Å²) in [4.78, 5) is 1.02. The minimum Gasteiger partial charge on any atom is -0.282 e. The molecule has 0 aliphatic carbocycles. The monoisotopic (exact) mass is 368 g/mol. The van der Waals surface area contributed by atoms with Crippen LogP contribution < -0.4 is 0 Å². The number of nitrogens with zero attached hydrogens (tertiary/aromatic N) is 4. The maximum absolute atomic E-state index is 5.19. The van der Waals surface area contributed by atoms with E-state index in [-0.39, 0.29) is 0 Å². The Morgan fingerprint density at radius 3 is 2.90 bits per heavy atom. The van der Waals surface area contributed by atoms with Crippen LogP contribution in [0.3, 0.4) is 0 Å². The largest absolute Gasteiger partial charge is 0.282 e. The Labute approximate surface area is 131 Å². The van der Waals surface area contributed by atoms with Gasteiger partial charge in [-0.25, -0.2) is 5.10 Å². The molecule has 3 rings (SSSR count). The lowest BCUT2D eigenvalue weighted by Gasteiger charge is -1.95. The van der Waals surface area contributed by atoms with Crippen LogP contribution in [0.15, 0.2) is 27.1 Å². The summed E-state index contributed by atoms with van der Waals surface area (Å²) < 4.78 is 3.03. The third-order valence-electron chi connectivity index (χ3n) is 2.48. The molecule has 0 radical (unpaired) electrons. The third-order valence-corrected chi connectivity index (χ3v) is 4.30. The summed E-state index contributed by atoms with van der Waals surface area (Å²) in [6.07, 6.45) is 1.74.